The molecular formula is C27H30N2O3. The zero-order valence-corrected chi connectivity index (χ0v) is 19.0. The summed E-state index contributed by atoms with van der Waals surface area (Å²) >= 11 is 0. The summed E-state index contributed by atoms with van der Waals surface area (Å²) in [6.45, 7) is 8.20. The fourth-order valence-corrected chi connectivity index (χ4v) is 3.78. The highest BCUT2D eigenvalue weighted by molar-refractivity contribution is 6.05. The maximum Gasteiger partial charge on any atom is 0.268 e. The molecule has 3 rings (SSSR count). The summed E-state index contributed by atoms with van der Waals surface area (Å²) in [4.78, 5) is 25.9. The summed E-state index contributed by atoms with van der Waals surface area (Å²) in [5.74, 6) is -0.227. The first kappa shape index (κ1) is 23.1. The van der Waals surface area contributed by atoms with Gasteiger partial charge in [-0.3, -0.25) is 9.59 Å². The number of rotatable bonds is 8. The molecule has 2 N–H and O–H groups in total. The van der Waals surface area contributed by atoms with E-state index in [0.29, 0.717) is 11.3 Å². The van der Waals surface area contributed by atoms with Crippen LogP contribution in [0, 0.1) is 6.92 Å². The Morgan fingerprint density at radius 3 is 2.44 bits per heavy atom. The van der Waals surface area contributed by atoms with Crippen LogP contribution < -0.4 is 10.6 Å². The minimum Gasteiger partial charge on any atom is -0.465 e. The molecule has 5 heteroatoms. The molecule has 0 fully saturated rings. The molecule has 2 aromatic carbocycles. The van der Waals surface area contributed by atoms with E-state index < -0.39 is 0 Å². The molecule has 0 radical (unpaired) electrons. The van der Waals surface area contributed by atoms with Gasteiger partial charge >= 0.3 is 0 Å². The Hall–Kier alpha value is -3.60. The van der Waals surface area contributed by atoms with Crippen LogP contribution in [0.25, 0.3) is 6.08 Å². The Kier molecular flexibility index (Phi) is 7.31. The van der Waals surface area contributed by atoms with E-state index in [1.165, 1.54) is 17.9 Å². The van der Waals surface area contributed by atoms with Crippen molar-refractivity contribution in [2.75, 3.05) is 0 Å². The molecule has 32 heavy (non-hydrogen) atoms. The third-order valence-electron chi connectivity index (χ3n) is 5.35. The van der Waals surface area contributed by atoms with Gasteiger partial charge in [0.25, 0.3) is 11.8 Å². The van der Waals surface area contributed by atoms with Crippen LogP contribution >= 0.6 is 0 Å². The summed E-state index contributed by atoms with van der Waals surface area (Å²) in [5.41, 5.74) is 2.68. The van der Waals surface area contributed by atoms with Crippen molar-refractivity contribution in [3.05, 3.63) is 101 Å². The Labute approximate surface area is 189 Å². The molecule has 0 saturated carbocycles. The first-order valence-corrected chi connectivity index (χ1v) is 10.7. The van der Waals surface area contributed by atoms with Crippen molar-refractivity contribution in [2.45, 2.75) is 45.6 Å². The van der Waals surface area contributed by atoms with Crippen molar-refractivity contribution < 1.29 is 14.0 Å². The van der Waals surface area contributed by atoms with Crippen LogP contribution in [0.4, 0.5) is 0 Å². The number of hydrogen-bond donors (Lipinski definition) is 2. The quantitative estimate of drug-likeness (QED) is 0.481. The molecule has 2 amide bonds. The van der Waals surface area contributed by atoms with E-state index in [2.05, 4.69) is 36.6 Å². The van der Waals surface area contributed by atoms with Gasteiger partial charge in [-0.25, -0.2) is 0 Å². The van der Waals surface area contributed by atoms with E-state index in [-0.39, 0.29) is 29.0 Å². The normalized spacial score (nSPS) is 12.8. The SMILES string of the molecule is Cc1cccc(C(=O)N/C(=C\c2ccco2)C(=O)N[C@@H](C)CC(C)(C)c2ccccc2)c1. The van der Waals surface area contributed by atoms with Crippen molar-refractivity contribution >= 4 is 17.9 Å². The van der Waals surface area contributed by atoms with Crippen LogP contribution in [0.15, 0.2) is 83.1 Å². The molecule has 3 aromatic rings. The lowest BCUT2D eigenvalue weighted by molar-refractivity contribution is -0.118. The second-order valence-electron chi connectivity index (χ2n) is 8.73. The second kappa shape index (κ2) is 10.1. The first-order chi connectivity index (χ1) is 15.2. The van der Waals surface area contributed by atoms with E-state index in [4.69, 9.17) is 4.42 Å². The van der Waals surface area contributed by atoms with E-state index in [0.717, 1.165) is 12.0 Å². The third-order valence-corrected chi connectivity index (χ3v) is 5.35. The molecular weight excluding hydrogens is 400 g/mol. The van der Waals surface area contributed by atoms with Crippen LogP contribution in [0.1, 0.15) is 54.4 Å². The molecule has 0 aliphatic heterocycles. The lowest BCUT2D eigenvalue weighted by Gasteiger charge is -2.29. The molecule has 0 aliphatic carbocycles. The summed E-state index contributed by atoms with van der Waals surface area (Å²) < 4.78 is 5.36. The Balaban J connectivity index is 1.74. The Bertz CT molecular complexity index is 1080. The monoisotopic (exact) mass is 430 g/mol. The molecule has 0 aliphatic rings. The molecule has 0 saturated heterocycles. The maximum atomic E-state index is 13.1. The minimum atomic E-state index is -0.362. The second-order valence-corrected chi connectivity index (χ2v) is 8.73. The third kappa shape index (κ3) is 6.20. The highest BCUT2D eigenvalue weighted by Crippen LogP contribution is 2.28. The summed E-state index contributed by atoms with van der Waals surface area (Å²) in [7, 11) is 0. The van der Waals surface area contributed by atoms with Crippen molar-refractivity contribution in [3.8, 4) is 0 Å². The van der Waals surface area contributed by atoms with Crippen LogP contribution in [-0.2, 0) is 10.2 Å². The molecule has 0 unspecified atom stereocenters. The van der Waals surface area contributed by atoms with Gasteiger partial charge < -0.3 is 15.1 Å². The van der Waals surface area contributed by atoms with E-state index in [1.54, 1.807) is 24.3 Å². The summed E-state index contributed by atoms with van der Waals surface area (Å²) in [5, 5.41) is 5.77. The molecule has 5 nitrogen and oxygen atoms in total. The van der Waals surface area contributed by atoms with Crippen molar-refractivity contribution in [1.29, 1.82) is 0 Å². The standard InChI is InChI=1S/C27H30N2O3/c1-19-10-8-11-21(16-19)25(30)29-24(17-23-14-9-15-32-23)26(31)28-20(2)18-27(3,4)22-12-6-5-7-13-22/h5-17,20H,18H2,1-4H3,(H,28,31)(H,29,30)/b24-17-/t20-/m0/s1. The average Bonchev–Trinajstić information content (AvgIpc) is 3.26. The van der Waals surface area contributed by atoms with Gasteiger partial charge in [0, 0.05) is 17.7 Å². The van der Waals surface area contributed by atoms with Gasteiger partial charge in [-0.2, -0.15) is 0 Å². The molecule has 1 atom stereocenters. The number of carbonyl (C=O) groups is 2. The number of amides is 2. The Morgan fingerprint density at radius 2 is 1.78 bits per heavy atom. The topological polar surface area (TPSA) is 71.3 Å². The first-order valence-electron chi connectivity index (χ1n) is 10.7. The molecule has 166 valence electrons. The highest BCUT2D eigenvalue weighted by Gasteiger charge is 2.25. The van der Waals surface area contributed by atoms with Gasteiger partial charge in [0.05, 0.1) is 6.26 Å². The number of benzene rings is 2. The molecule has 0 spiro atoms. The van der Waals surface area contributed by atoms with E-state index in [1.807, 2.05) is 44.2 Å². The summed E-state index contributed by atoms with van der Waals surface area (Å²) in [6.07, 6.45) is 3.80. The zero-order chi connectivity index (χ0) is 23.1. The fourth-order valence-electron chi connectivity index (χ4n) is 3.78. The van der Waals surface area contributed by atoms with Crippen LogP contribution in [0.5, 0.6) is 0 Å². The predicted molar refractivity (Wildman–Crippen MR) is 127 cm³/mol. The van der Waals surface area contributed by atoms with Gasteiger partial charge in [0.15, 0.2) is 0 Å². The van der Waals surface area contributed by atoms with E-state index >= 15 is 0 Å². The lowest BCUT2D eigenvalue weighted by Crippen LogP contribution is -2.41. The summed E-state index contributed by atoms with van der Waals surface area (Å²) in [6, 6.07) is 20.8. The number of carbonyl (C=O) groups excluding carboxylic acids is 2. The van der Waals surface area contributed by atoms with Gasteiger partial charge in [0.2, 0.25) is 0 Å². The van der Waals surface area contributed by atoms with Gasteiger partial charge in [-0.1, -0.05) is 61.9 Å². The van der Waals surface area contributed by atoms with Crippen molar-refractivity contribution in [2.24, 2.45) is 0 Å². The largest absolute Gasteiger partial charge is 0.465 e. The highest BCUT2D eigenvalue weighted by atomic mass is 16.3. The number of furan rings is 1. The maximum absolute atomic E-state index is 13.1. The van der Waals surface area contributed by atoms with Crippen LogP contribution in [0.3, 0.4) is 0 Å². The van der Waals surface area contributed by atoms with Crippen LogP contribution in [0.2, 0.25) is 0 Å². The van der Waals surface area contributed by atoms with Gasteiger partial charge in [0.1, 0.15) is 11.5 Å². The lowest BCUT2D eigenvalue weighted by atomic mass is 9.79. The van der Waals surface area contributed by atoms with Crippen molar-refractivity contribution in [1.82, 2.24) is 10.6 Å². The van der Waals surface area contributed by atoms with Gasteiger partial charge in [-0.15, -0.1) is 0 Å². The van der Waals surface area contributed by atoms with Crippen molar-refractivity contribution in [3.63, 3.8) is 0 Å². The van der Waals surface area contributed by atoms with Gasteiger partial charge in [-0.05, 0) is 55.5 Å². The molecule has 1 aromatic heterocycles. The molecule has 1 heterocycles. The smallest absolute Gasteiger partial charge is 0.268 e. The number of aryl methyl sites for hydroxylation is 1. The van der Waals surface area contributed by atoms with Crippen LogP contribution in [-0.4, -0.2) is 17.9 Å². The Morgan fingerprint density at radius 1 is 1.03 bits per heavy atom. The minimum absolute atomic E-state index is 0.117. The number of hydrogen-bond acceptors (Lipinski definition) is 3. The molecule has 0 bridgehead atoms. The predicted octanol–water partition coefficient (Wildman–Crippen LogP) is 5.23. The fraction of sp³-hybridized carbons (Fsp3) is 0.259. The number of nitrogens with one attached hydrogen (secondary N) is 2. The van der Waals surface area contributed by atoms with E-state index in [9.17, 15) is 9.59 Å². The average molecular weight is 431 g/mol. The zero-order valence-electron chi connectivity index (χ0n) is 19.0.